The van der Waals surface area contributed by atoms with Crippen molar-refractivity contribution in [1.29, 1.82) is 0 Å². The summed E-state index contributed by atoms with van der Waals surface area (Å²) in [6.45, 7) is 0. The van der Waals surface area contributed by atoms with Gasteiger partial charge in [-0.2, -0.15) is 5.10 Å². The SMILES string of the molecule is O=C(Nc1cnn2cccnc12)NC1(c2cccc(F)c2)CCC1. The molecule has 3 aromatic rings. The van der Waals surface area contributed by atoms with Crippen molar-refractivity contribution in [3.8, 4) is 0 Å². The van der Waals surface area contributed by atoms with Crippen molar-refractivity contribution in [2.75, 3.05) is 5.32 Å². The van der Waals surface area contributed by atoms with Crippen molar-refractivity contribution >= 4 is 17.4 Å². The number of benzene rings is 1. The highest BCUT2D eigenvalue weighted by molar-refractivity contribution is 5.93. The van der Waals surface area contributed by atoms with Gasteiger partial charge >= 0.3 is 6.03 Å². The van der Waals surface area contributed by atoms with E-state index in [2.05, 4.69) is 20.7 Å². The molecule has 0 bridgehead atoms. The second-order valence-corrected chi connectivity index (χ2v) is 5.97. The van der Waals surface area contributed by atoms with Crippen LogP contribution in [0, 0.1) is 5.82 Å². The molecule has 1 saturated carbocycles. The lowest BCUT2D eigenvalue weighted by Gasteiger charge is -2.43. The van der Waals surface area contributed by atoms with Crippen LogP contribution in [0.25, 0.3) is 5.65 Å². The first-order chi connectivity index (χ1) is 11.7. The molecule has 0 saturated heterocycles. The molecule has 2 amide bonds. The van der Waals surface area contributed by atoms with Gasteiger partial charge in [-0.05, 0) is 43.0 Å². The van der Waals surface area contributed by atoms with Gasteiger partial charge in [0.2, 0.25) is 0 Å². The molecule has 6 nitrogen and oxygen atoms in total. The van der Waals surface area contributed by atoms with Gasteiger partial charge in [-0.3, -0.25) is 0 Å². The van der Waals surface area contributed by atoms with E-state index in [-0.39, 0.29) is 11.8 Å². The predicted molar refractivity (Wildman–Crippen MR) is 87.1 cm³/mol. The highest BCUT2D eigenvalue weighted by Gasteiger charge is 2.40. The summed E-state index contributed by atoms with van der Waals surface area (Å²) in [6.07, 6.45) is 7.52. The summed E-state index contributed by atoms with van der Waals surface area (Å²) in [5.41, 5.74) is 1.38. The highest BCUT2D eigenvalue weighted by Crippen LogP contribution is 2.41. The fourth-order valence-electron chi connectivity index (χ4n) is 3.09. The number of carbonyl (C=O) groups is 1. The fourth-order valence-corrected chi connectivity index (χ4v) is 3.09. The van der Waals surface area contributed by atoms with Gasteiger partial charge in [0.1, 0.15) is 11.5 Å². The molecule has 1 aromatic carbocycles. The van der Waals surface area contributed by atoms with Gasteiger partial charge in [-0.15, -0.1) is 0 Å². The Hall–Kier alpha value is -2.96. The Bertz CT molecular complexity index is 903. The van der Waals surface area contributed by atoms with Crippen molar-refractivity contribution in [3.05, 3.63) is 60.3 Å². The first-order valence-corrected chi connectivity index (χ1v) is 7.80. The number of urea groups is 1. The zero-order valence-corrected chi connectivity index (χ0v) is 12.9. The van der Waals surface area contributed by atoms with Crippen LogP contribution in [0.5, 0.6) is 0 Å². The van der Waals surface area contributed by atoms with Crippen LogP contribution >= 0.6 is 0 Å². The molecule has 0 unspecified atom stereocenters. The summed E-state index contributed by atoms with van der Waals surface area (Å²) in [6, 6.07) is 7.81. The fraction of sp³-hybridized carbons (Fsp3) is 0.235. The summed E-state index contributed by atoms with van der Waals surface area (Å²) >= 11 is 0. The average Bonchev–Trinajstić information content (AvgIpc) is 2.94. The zero-order valence-electron chi connectivity index (χ0n) is 12.9. The molecule has 1 fully saturated rings. The number of hydrogen-bond acceptors (Lipinski definition) is 3. The van der Waals surface area contributed by atoms with Gasteiger partial charge in [-0.25, -0.2) is 18.7 Å². The molecule has 122 valence electrons. The Balaban J connectivity index is 1.54. The number of fused-ring (bicyclic) bond motifs is 1. The summed E-state index contributed by atoms with van der Waals surface area (Å²) in [5, 5.41) is 9.91. The number of carbonyl (C=O) groups excluding carboxylic acids is 1. The third kappa shape index (κ3) is 2.47. The normalized spacial score (nSPS) is 15.7. The Morgan fingerprint density at radius 2 is 2.17 bits per heavy atom. The first-order valence-electron chi connectivity index (χ1n) is 7.80. The van der Waals surface area contributed by atoms with E-state index in [1.165, 1.54) is 12.1 Å². The predicted octanol–water partition coefficient (Wildman–Crippen LogP) is 3.07. The van der Waals surface area contributed by atoms with E-state index < -0.39 is 5.54 Å². The van der Waals surface area contributed by atoms with Crippen molar-refractivity contribution in [1.82, 2.24) is 19.9 Å². The van der Waals surface area contributed by atoms with Crippen LogP contribution in [-0.4, -0.2) is 20.6 Å². The Morgan fingerprint density at radius 1 is 1.29 bits per heavy atom. The van der Waals surface area contributed by atoms with Gasteiger partial charge in [-0.1, -0.05) is 12.1 Å². The number of nitrogens with zero attached hydrogens (tertiary/aromatic N) is 3. The lowest BCUT2D eigenvalue weighted by atomic mass is 9.72. The average molecular weight is 325 g/mol. The molecule has 4 rings (SSSR count). The van der Waals surface area contributed by atoms with Gasteiger partial charge in [0.25, 0.3) is 0 Å². The molecule has 0 aliphatic heterocycles. The standard InChI is InChI=1S/C17H16FN5O/c18-13-5-1-4-12(10-13)17(6-2-7-17)22-16(24)21-14-11-20-23-9-3-8-19-15(14)23/h1,3-5,8-11H,2,6-7H2,(H2,21,22,24). The molecule has 0 radical (unpaired) electrons. The molecule has 24 heavy (non-hydrogen) atoms. The van der Waals surface area contributed by atoms with Gasteiger partial charge in [0, 0.05) is 12.4 Å². The van der Waals surface area contributed by atoms with Crippen LogP contribution < -0.4 is 10.6 Å². The summed E-state index contributed by atoms with van der Waals surface area (Å²) in [4.78, 5) is 16.6. The second-order valence-electron chi connectivity index (χ2n) is 5.97. The third-order valence-electron chi connectivity index (χ3n) is 4.46. The van der Waals surface area contributed by atoms with Gasteiger partial charge < -0.3 is 10.6 Å². The first kappa shape index (κ1) is 14.6. The lowest BCUT2D eigenvalue weighted by Crippen LogP contribution is -2.52. The van der Waals surface area contributed by atoms with Gasteiger partial charge in [0.15, 0.2) is 5.65 Å². The topological polar surface area (TPSA) is 71.3 Å². The smallest absolute Gasteiger partial charge is 0.320 e. The quantitative estimate of drug-likeness (QED) is 0.777. The second kappa shape index (κ2) is 5.59. The molecular weight excluding hydrogens is 309 g/mol. The van der Waals surface area contributed by atoms with Crippen LogP contribution in [0.15, 0.2) is 48.9 Å². The monoisotopic (exact) mass is 325 g/mol. The summed E-state index contributed by atoms with van der Waals surface area (Å²) in [5.74, 6) is -0.298. The number of hydrogen-bond donors (Lipinski definition) is 2. The molecular formula is C17H16FN5O. The number of aromatic nitrogens is 3. The molecule has 0 spiro atoms. The molecule has 0 atom stereocenters. The van der Waals surface area contributed by atoms with E-state index in [0.29, 0.717) is 11.3 Å². The number of amides is 2. The maximum absolute atomic E-state index is 13.5. The van der Waals surface area contributed by atoms with Crippen molar-refractivity contribution < 1.29 is 9.18 Å². The minimum atomic E-state index is -0.511. The van der Waals surface area contributed by atoms with Crippen molar-refractivity contribution in [2.45, 2.75) is 24.8 Å². The number of anilines is 1. The van der Waals surface area contributed by atoms with E-state index in [1.807, 2.05) is 6.07 Å². The van der Waals surface area contributed by atoms with Crippen LogP contribution in [-0.2, 0) is 5.54 Å². The van der Waals surface area contributed by atoms with E-state index in [0.717, 1.165) is 24.8 Å². The van der Waals surface area contributed by atoms with E-state index in [9.17, 15) is 9.18 Å². The van der Waals surface area contributed by atoms with Crippen molar-refractivity contribution in [2.24, 2.45) is 0 Å². The van der Waals surface area contributed by atoms with Gasteiger partial charge in [0.05, 0.1) is 11.7 Å². The van der Waals surface area contributed by atoms with Crippen LogP contribution in [0.4, 0.5) is 14.9 Å². The summed E-state index contributed by atoms with van der Waals surface area (Å²) in [7, 11) is 0. The summed E-state index contributed by atoms with van der Waals surface area (Å²) < 4.78 is 15.1. The molecule has 1 aliphatic rings. The third-order valence-corrected chi connectivity index (χ3v) is 4.46. The maximum atomic E-state index is 13.5. The molecule has 1 aliphatic carbocycles. The Labute approximate surface area is 137 Å². The van der Waals surface area contributed by atoms with E-state index >= 15 is 0 Å². The van der Waals surface area contributed by atoms with Crippen LogP contribution in [0.3, 0.4) is 0 Å². The molecule has 2 aromatic heterocycles. The van der Waals surface area contributed by atoms with Crippen LogP contribution in [0.1, 0.15) is 24.8 Å². The number of rotatable bonds is 3. The van der Waals surface area contributed by atoms with Crippen molar-refractivity contribution in [3.63, 3.8) is 0 Å². The molecule has 2 N–H and O–H groups in total. The van der Waals surface area contributed by atoms with E-state index in [4.69, 9.17) is 0 Å². The van der Waals surface area contributed by atoms with E-state index in [1.54, 1.807) is 35.2 Å². The minimum absolute atomic E-state index is 0.298. The Morgan fingerprint density at radius 3 is 2.92 bits per heavy atom. The minimum Gasteiger partial charge on any atom is -0.328 e. The highest BCUT2D eigenvalue weighted by atomic mass is 19.1. The number of halogens is 1. The molecule has 2 heterocycles. The zero-order chi connectivity index (χ0) is 16.6. The Kier molecular flexibility index (Phi) is 3.41. The largest absolute Gasteiger partial charge is 0.328 e. The molecule has 7 heteroatoms. The number of nitrogens with one attached hydrogen (secondary N) is 2. The maximum Gasteiger partial charge on any atom is 0.320 e. The lowest BCUT2D eigenvalue weighted by molar-refractivity contribution is 0.184. The van der Waals surface area contributed by atoms with Crippen LogP contribution in [0.2, 0.25) is 0 Å².